The minimum atomic E-state index is -0.232. The molecule has 1 aliphatic rings. The third kappa shape index (κ3) is 3.72. The number of likely N-dealkylation sites (tertiary alicyclic amines) is 1. The molecule has 0 N–H and O–H groups in total. The van der Waals surface area contributed by atoms with Gasteiger partial charge in [0.05, 0.1) is 11.4 Å². The van der Waals surface area contributed by atoms with Crippen molar-refractivity contribution in [3.8, 4) is 10.7 Å². The van der Waals surface area contributed by atoms with Crippen LogP contribution in [0.25, 0.3) is 10.7 Å². The molecule has 1 aromatic carbocycles. The highest BCUT2D eigenvalue weighted by atomic mass is 32.1. The fourth-order valence-electron chi connectivity index (χ4n) is 4.22. The molecule has 154 valence electrons. The minimum absolute atomic E-state index is 0.0674. The molecule has 0 radical (unpaired) electrons. The Kier molecular flexibility index (Phi) is 5.26. The standard InChI is InChI=1S/C24H21N5OS/c30-23(20-10-6-14-26-28-20)29-15-11-24(12-16-29,18-7-2-1-3-8-18)21-17-31-22(27-21)19-9-4-5-13-25-19/h1-10,13-14,17H,11-12,15-16H2. The number of carbonyl (C=O) groups is 1. The first kappa shape index (κ1) is 19.5. The summed E-state index contributed by atoms with van der Waals surface area (Å²) >= 11 is 1.62. The number of aromatic nitrogens is 4. The molecule has 4 aromatic rings. The Bertz CT molecular complexity index is 1160. The first-order valence-corrected chi connectivity index (χ1v) is 11.1. The molecule has 0 unspecified atom stereocenters. The molecule has 5 rings (SSSR count). The van der Waals surface area contributed by atoms with E-state index in [1.54, 1.807) is 35.9 Å². The van der Waals surface area contributed by atoms with Crippen molar-refractivity contribution in [1.82, 2.24) is 25.1 Å². The molecule has 1 aliphatic heterocycles. The zero-order chi connectivity index (χ0) is 21.1. The Morgan fingerprint density at radius 1 is 0.935 bits per heavy atom. The summed E-state index contributed by atoms with van der Waals surface area (Å²) in [6, 6.07) is 19.8. The summed E-state index contributed by atoms with van der Waals surface area (Å²) in [6.45, 7) is 1.28. The van der Waals surface area contributed by atoms with Crippen molar-refractivity contribution in [2.24, 2.45) is 0 Å². The summed E-state index contributed by atoms with van der Waals surface area (Å²) in [4.78, 5) is 24.2. The van der Waals surface area contributed by atoms with Crippen LogP contribution in [-0.2, 0) is 5.41 Å². The largest absolute Gasteiger partial charge is 0.337 e. The van der Waals surface area contributed by atoms with E-state index in [0.29, 0.717) is 18.8 Å². The van der Waals surface area contributed by atoms with Gasteiger partial charge in [-0.25, -0.2) is 4.98 Å². The first-order chi connectivity index (χ1) is 15.3. The molecule has 0 bridgehead atoms. The maximum absolute atomic E-state index is 12.9. The molecule has 1 saturated heterocycles. The second-order valence-electron chi connectivity index (χ2n) is 7.60. The topological polar surface area (TPSA) is 71.9 Å². The van der Waals surface area contributed by atoms with E-state index >= 15 is 0 Å². The average molecular weight is 428 g/mol. The smallest absolute Gasteiger partial charge is 0.274 e. The van der Waals surface area contributed by atoms with Crippen LogP contribution >= 0.6 is 11.3 Å². The number of pyridine rings is 1. The van der Waals surface area contributed by atoms with Gasteiger partial charge in [0.25, 0.3) is 5.91 Å². The van der Waals surface area contributed by atoms with Crippen molar-refractivity contribution in [1.29, 1.82) is 0 Å². The van der Waals surface area contributed by atoms with Gasteiger partial charge >= 0.3 is 0 Å². The Morgan fingerprint density at radius 3 is 2.45 bits per heavy atom. The van der Waals surface area contributed by atoms with Crippen molar-refractivity contribution in [2.45, 2.75) is 18.3 Å². The second kappa shape index (κ2) is 8.35. The molecule has 7 heteroatoms. The molecule has 0 spiro atoms. The van der Waals surface area contributed by atoms with Gasteiger partial charge in [-0.05, 0) is 42.7 Å². The number of rotatable bonds is 4. The van der Waals surface area contributed by atoms with Gasteiger partial charge in [-0.3, -0.25) is 9.78 Å². The summed E-state index contributed by atoms with van der Waals surface area (Å²) in [5.41, 5.74) is 3.33. The fourth-order valence-corrected chi connectivity index (χ4v) is 5.11. The van der Waals surface area contributed by atoms with Gasteiger partial charge in [-0.1, -0.05) is 36.4 Å². The molecule has 6 nitrogen and oxygen atoms in total. The number of carbonyl (C=O) groups excluding carboxylic acids is 1. The van der Waals surface area contributed by atoms with Crippen LogP contribution in [0.3, 0.4) is 0 Å². The van der Waals surface area contributed by atoms with E-state index < -0.39 is 0 Å². The van der Waals surface area contributed by atoms with E-state index in [4.69, 9.17) is 4.98 Å². The second-order valence-corrected chi connectivity index (χ2v) is 8.46. The minimum Gasteiger partial charge on any atom is -0.337 e. The Labute approximate surface area is 184 Å². The predicted octanol–water partition coefficient (Wildman–Crippen LogP) is 4.22. The van der Waals surface area contributed by atoms with E-state index in [9.17, 15) is 4.79 Å². The molecule has 0 saturated carbocycles. The SMILES string of the molecule is O=C(c1cccnn1)N1CCC(c2ccccc2)(c2csc(-c3ccccn3)n2)CC1. The number of benzene rings is 1. The molecule has 4 heterocycles. The van der Waals surface area contributed by atoms with Gasteiger partial charge in [0.2, 0.25) is 0 Å². The van der Waals surface area contributed by atoms with Gasteiger partial charge in [0, 0.05) is 36.3 Å². The van der Waals surface area contributed by atoms with Gasteiger partial charge < -0.3 is 4.90 Å². The highest BCUT2D eigenvalue weighted by Crippen LogP contribution is 2.43. The zero-order valence-corrected chi connectivity index (χ0v) is 17.7. The lowest BCUT2D eigenvalue weighted by Crippen LogP contribution is -2.46. The van der Waals surface area contributed by atoms with Crippen molar-refractivity contribution < 1.29 is 4.79 Å². The first-order valence-electron chi connectivity index (χ1n) is 10.3. The number of hydrogen-bond acceptors (Lipinski definition) is 6. The van der Waals surface area contributed by atoms with Gasteiger partial charge in [-0.2, -0.15) is 5.10 Å². The van der Waals surface area contributed by atoms with Crippen molar-refractivity contribution in [3.05, 3.63) is 95.4 Å². The van der Waals surface area contributed by atoms with Crippen LogP contribution in [0.4, 0.5) is 0 Å². The quantitative estimate of drug-likeness (QED) is 0.488. The number of thiazole rings is 1. The Balaban J connectivity index is 1.46. The summed E-state index contributed by atoms with van der Waals surface area (Å²) in [5, 5.41) is 10.9. The lowest BCUT2D eigenvalue weighted by atomic mass is 9.70. The zero-order valence-electron chi connectivity index (χ0n) is 16.9. The van der Waals surface area contributed by atoms with Crippen LogP contribution in [0, 0.1) is 0 Å². The monoisotopic (exact) mass is 427 g/mol. The highest BCUT2D eigenvalue weighted by molar-refractivity contribution is 7.13. The molecular formula is C24H21N5OS. The molecule has 1 fully saturated rings. The third-order valence-corrected chi connectivity index (χ3v) is 6.77. The number of piperidine rings is 1. The van der Waals surface area contributed by atoms with Crippen LogP contribution in [0.5, 0.6) is 0 Å². The van der Waals surface area contributed by atoms with E-state index in [2.05, 4.69) is 44.8 Å². The van der Waals surface area contributed by atoms with E-state index in [1.807, 2.05) is 29.2 Å². The molecular weight excluding hydrogens is 406 g/mol. The van der Waals surface area contributed by atoms with Gasteiger partial charge in [0.15, 0.2) is 5.69 Å². The maximum atomic E-state index is 12.9. The van der Waals surface area contributed by atoms with Crippen LogP contribution in [0.15, 0.2) is 78.4 Å². The van der Waals surface area contributed by atoms with E-state index in [0.717, 1.165) is 29.2 Å². The number of amides is 1. The predicted molar refractivity (Wildman–Crippen MR) is 120 cm³/mol. The van der Waals surface area contributed by atoms with E-state index in [1.165, 1.54) is 5.56 Å². The van der Waals surface area contributed by atoms with Crippen molar-refractivity contribution in [2.75, 3.05) is 13.1 Å². The molecule has 3 aromatic heterocycles. The summed E-state index contributed by atoms with van der Waals surface area (Å²) in [7, 11) is 0. The average Bonchev–Trinajstić information content (AvgIpc) is 3.36. The molecule has 31 heavy (non-hydrogen) atoms. The Morgan fingerprint density at radius 2 is 1.74 bits per heavy atom. The summed E-state index contributed by atoms with van der Waals surface area (Å²) in [5.74, 6) is -0.0674. The van der Waals surface area contributed by atoms with Crippen LogP contribution in [-0.4, -0.2) is 44.1 Å². The van der Waals surface area contributed by atoms with Crippen molar-refractivity contribution >= 4 is 17.2 Å². The normalized spacial score (nSPS) is 15.5. The van der Waals surface area contributed by atoms with Crippen LogP contribution in [0.1, 0.15) is 34.6 Å². The third-order valence-electron chi connectivity index (χ3n) is 5.90. The van der Waals surface area contributed by atoms with Crippen molar-refractivity contribution in [3.63, 3.8) is 0 Å². The molecule has 1 amide bonds. The highest BCUT2D eigenvalue weighted by Gasteiger charge is 2.41. The lowest BCUT2D eigenvalue weighted by molar-refractivity contribution is 0.0677. The summed E-state index contributed by atoms with van der Waals surface area (Å²) in [6.07, 6.45) is 4.97. The Hall–Kier alpha value is -3.45. The van der Waals surface area contributed by atoms with Gasteiger partial charge in [-0.15, -0.1) is 16.4 Å². The van der Waals surface area contributed by atoms with E-state index in [-0.39, 0.29) is 11.3 Å². The fraction of sp³-hybridized carbons (Fsp3) is 0.208. The summed E-state index contributed by atoms with van der Waals surface area (Å²) < 4.78 is 0. The molecule has 0 atom stereocenters. The lowest BCUT2D eigenvalue weighted by Gasteiger charge is -2.41. The van der Waals surface area contributed by atoms with Gasteiger partial charge in [0.1, 0.15) is 5.01 Å². The van der Waals surface area contributed by atoms with Crippen LogP contribution in [0.2, 0.25) is 0 Å². The molecule has 0 aliphatic carbocycles. The maximum Gasteiger partial charge on any atom is 0.274 e. The van der Waals surface area contributed by atoms with Crippen LogP contribution < -0.4 is 0 Å². The number of hydrogen-bond donors (Lipinski definition) is 0. The number of nitrogens with zero attached hydrogens (tertiary/aromatic N) is 5.